The molecule has 0 aromatic carbocycles. The largest absolute Gasteiger partial charge is 0.381 e. The van der Waals surface area contributed by atoms with Gasteiger partial charge in [-0.25, -0.2) is 0 Å². The highest BCUT2D eigenvalue weighted by molar-refractivity contribution is 4.97. The Kier molecular flexibility index (Phi) is 5.54. The monoisotopic (exact) mass is 297 g/mol. The molecule has 21 heavy (non-hydrogen) atoms. The van der Waals surface area contributed by atoms with Crippen molar-refractivity contribution in [3.8, 4) is 0 Å². The lowest BCUT2D eigenvalue weighted by molar-refractivity contribution is -0.154. The minimum Gasteiger partial charge on any atom is -0.381 e. The summed E-state index contributed by atoms with van der Waals surface area (Å²) >= 11 is 0. The molecule has 3 saturated heterocycles. The fraction of sp³-hybridized carbons (Fsp3) is 1.00. The molecule has 0 aromatic heterocycles. The summed E-state index contributed by atoms with van der Waals surface area (Å²) in [4.78, 5) is 2.68. The SMILES string of the molecule is CCOCC12CCCOC1CCN(CC1CCOCC1)C2. The van der Waals surface area contributed by atoms with E-state index >= 15 is 0 Å². The third-order valence-electron chi connectivity index (χ3n) is 5.52. The van der Waals surface area contributed by atoms with Gasteiger partial charge in [-0.1, -0.05) is 0 Å². The topological polar surface area (TPSA) is 30.9 Å². The number of likely N-dealkylation sites (tertiary alicyclic amines) is 1. The molecule has 0 radical (unpaired) electrons. The molecule has 3 heterocycles. The molecule has 0 spiro atoms. The predicted octanol–water partition coefficient (Wildman–Crippen LogP) is 2.32. The first-order valence-corrected chi connectivity index (χ1v) is 8.82. The molecule has 122 valence electrons. The van der Waals surface area contributed by atoms with E-state index in [0.717, 1.165) is 45.5 Å². The predicted molar refractivity (Wildman–Crippen MR) is 82.5 cm³/mol. The Morgan fingerprint density at radius 2 is 2.05 bits per heavy atom. The maximum atomic E-state index is 6.09. The van der Waals surface area contributed by atoms with Crippen molar-refractivity contribution >= 4 is 0 Å². The van der Waals surface area contributed by atoms with E-state index in [-0.39, 0.29) is 5.41 Å². The Balaban J connectivity index is 1.60. The van der Waals surface area contributed by atoms with Gasteiger partial charge in [-0.05, 0) is 44.9 Å². The fourth-order valence-electron chi connectivity index (χ4n) is 4.35. The van der Waals surface area contributed by atoms with Crippen LogP contribution >= 0.6 is 0 Å². The van der Waals surface area contributed by atoms with Gasteiger partial charge < -0.3 is 19.1 Å². The van der Waals surface area contributed by atoms with Gasteiger partial charge in [0.1, 0.15) is 0 Å². The van der Waals surface area contributed by atoms with Crippen LogP contribution in [0.15, 0.2) is 0 Å². The smallest absolute Gasteiger partial charge is 0.0677 e. The van der Waals surface area contributed by atoms with E-state index in [0.29, 0.717) is 6.10 Å². The molecule has 0 amide bonds. The van der Waals surface area contributed by atoms with Crippen LogP contribution < -0.4 is 0 Å². The normalized spacial score (nSPS) is 35.6. The van der Waals surface area contributed by atoms with Crippen LogP contribution in [0, 0.1) is 11.3 Å². The van der Waals surface area contributed by atoms with Crippen molar-refractivity contribution in [1.29, 1.82) is 0 Å². The first-order valence-electron chi connectivity index (χ1n) is 8.82. The molecule has 0 N–H and O–H groups in total. The molecule has 4 heteroatoms. The maximum absolute atomic E-state index is 6.09. The number of fused-ring (bicyclic) bond motifs is 1. The summed E-state index contributed by atoms with van der Waals surface area (Å²) in [6, 6.07) is 0. The molecule has 3 aliphatic rings. The van der Waals surface area contributed by atoms with Crippen LogP contribution in [-0.2, 0) is 14.2 Å². The first kappa shape index (κ1) is 15.7. The molecule has 3 rings (SSSR count). The van der Waals surface area contributed by atoms with Crippen molar-refractivity contribution in [2.75, 3.05) is 52.7 Å². The lowest BCUT2D eigenvalue weighted by atomic mass is 9.72. The van der Waals surface area contributed by atoms with E-state index in [1.165, 1.54) is 45.2 Å². The number of ether oxygens (including phenoxy) is 3. The molecule has 4 nitrogen and oxygen atoms in total. The minimum absolute atomic E-state index is 0.248. The summed E-state index contributed by atoms with van der Waals surface area (Å²) in [7, 11) is 0. The first-order chi connectivity index (χ1) is 10.3. The zero-order valence-corrected chi connectivity index (χ0v) is 13.5. The lowest BCUT2D eigenvalue weighted by Gasteiger charge is -2.51. The van der Waals surface area contributed by atoms with Gasteiger partial charge in [0.15, 0.2) is 0 Å². The number of rotatable bonds is 5. The summed E-state index contributed by atoms with van der Waals surface area (Å²) in [5, 5.41) is 0. The molecule has 0 aliphatic carbocycles. The van der Waals surface area contributed by atoms with Gasteiger partial charge in [-0.15, -0.1) is 0 Å². The van der Waals surface area contributed by atoms with E-state index in [9.17, 15) is 0 Å². The number of hydrogen-bond acceptors (Lipinski definition) is 4. The van der Waals surface area contributed by atoms with Crippen LogP contribution in [-0.4, -0.2) is 63.7 Å². The van der Waals surface area contributed by atoms with Crippen LogP contribution in [0.25, 0.3) is 0 Å². The molecule has 0 aromatic rings. The quantitative estimate of drug-likeness (QED) is 0.779. The average Bonchev–Trinajstić information content (AvgIpc) is 2.54. The van der Waals surface area contributed by atoms with Crippen LogP contribution in [0.2, 0.25) is 0 Å². The van der Waals surface area contributed by atoms with Crippen LogP contribution in [0.5, 0.6) is 0 Å². The second-order valence-corrected chi connectivity index (χ2v) is 7.04. The van der Waals surface area contributed by atoms with Gasteiger partial charge >= 0.3 is 0 Å². The third-order valence-corrected chi connectivity index (χ3v) is 5.52. The average molecular weight is 297 g/mol. The summed E-state index contributed by atoms with van der Waals surface area (Å²) in [5.74, 6) is 0.823. The molecule has 0 saturated carbocycles. The second kappa shape index (κ2) is 7.40. The standard InChI is InChI=1S/C17H31NO3/c1-2-19-14-17-7-3-9-21-16(17)4-8-18(13-17)12-15-5-10-20-11-6-15/h15-16H,2-14H2,1H3. The third kappa shape index (κ3) is 3.79. The molecular weight excluding hydrogens is 266 g/mol. The van der Waals surface area contributed by atoms with Crippen molar-refractivity contribution in [3.63, 3.8) is 0 Å². The van der Waals surface area contributed by atoms with Gasteiger partial charge in [-0.2, -0.15) is 0 Å². The molecule has 2 atom stereocenters. The van der Waals surface area contributed by atoms with Crippen LogP contribution in [0.1, 0.15) is 39.0 Å². The van der Waals surface area contributed by atoms with Gasteiger partial charge in [0.2, 0.25) is 0 Å². The molecule has 3 fully saturated rings. The molecule has 3 aliphatic heterocycles. The Labute approximate surface area is 129 Å². The van der Waals surface area contributed by atoms with E-state index in [1.807, 2.05) is 0 Å². The van der Waals surface area contributed by atoms with Crippen LogP contribution in [0.4, 0.5) is 0 Å². The number of piperidine rings is 1. The minimum atomic E-state index is 0.248. The summed E-state index contributed by atoms with van der Waals surface area (Å²) < 4.78 is 17.4. The van der Waals surface area contributed by atoms with E-state index < -0.39 is 0 Å². The van der Waals surface area contributed by atoms with Crippen molar-refractivity contribution in [2.45, 2.75) is 45.1 Å². The van der Waals surface area contributed by atoms with Crippen molar-refractivity contribution in [3.05, 3.63) is 0 Å². The Morgan fingerprint density at radius 1 is 1.19 bits per heavy atom. The Morgan fingerprint density at radius 3 is 2.86 bits per heavy atom. The van der Waals surface area contributed by atoms with Gasteiger partial charge in [0.05, 0.1) is 12.7 Å². The summed E-state index contributed by atoms with van der Waals surface area (Å²) in [6.45, 7) is 10.2. The summed E-state index contributed by atoms with van der Waals surface area (Å²) in [6.07, 6.45) is 6.51. The zero-order chi connectivity index (χ0) is 14.5. The van der Waals surface area contributed by atoms with Gasteiger partial charge in [0.25, 0.3) is 0 Å². The zero-order valence-electron chi connectivity index (χ0n) is 13.5. The van der Waals surface area contributed by atoms with Crippen molar-refractivity contribution < 1.29 is 14.2 Å². The Bertz CT molecular complexity index is 319. The highest BCUT2D eigenvalue weighted by Gasteiger charge is 2.46. The molecule has 2 unspecified atom stereocenters. The van der Waals surface area contributed by atoms with E-state index in [2.05, 4.69) is 11.8 Å². The Hall–Kier alpha value is -0.160. The fourth-order valence-corrected chi connectivity index (χ4v) is 4.35. The number of nitrogens with zero attached hydrogens (tertiary/aromatic N) is 1. The number of hydrogen-bond donors (Lipinski definition) is 0. The molecular formula is C17H31NO3. The van der Waals surface area contributed by atoms with Crippen molar-refractivity contribution in [2.24, 2.45) is 11.3 Å². The second-order valence-electron chi connectivity index (χ2n) is 7.04. The summed E-state index contributed by atoms with van der Waals surface area (Å²) in [5.41, 5.74) is 0.248. The van der Waals surface area contributed by atoms with Crippen LogP contribution in [0.3, 0.4) is 0 Å². The van der Waals surface area contributed by atoms with E-state index in [1.54, 1.807) is 0 Å². The highest BCUT2D eigenvalue weighted by atomic mass is 16.5. The van der Waals surface area contributed by atoms with E-state index in [4.69, 9.17) is 14.2 Å². The maximum Gasteiger partial charge on any atom is 0.0677 e. The lowest BCUT2D eigenvalue weighted by Crippen LogP contribution is -2.57. The van der Waals surface area contributed by atoms with Gasteiger partial charge in [0, 0.05) is 51.5 Å². The highest BCUT2D eigenvalue weighted by Crippen LogP contribution is 2.40. The van der Waals surface area contributed by atoms with Crippen molar-refractivity contribution in [1.82, 2.24) is 4.90 Å². The molecule has 0 bridgehead atoms. The van der Waals surface area contributed by atoms with Gasteiger partial charge in [-0.3, -0.25) is 0 Å².